The Balaban J connectivity index is 1.92. The molecule has 0 bridgehead atoms. The second-order valence-electron chi connectivity index (χ2n) is 5.70. The quantitative estimate of drug-likeness (QED) is 0.886. The van der Waals surface area contributed by atoms with Crippen LogP contribution in [0.2, 0.25) is 0 Å². The third-order valence-corrected chi connectivity index (χ3v) is 3.81. The van der Waals surface area contributed by atoms with Gasteiger partial charge in [-0.05, 0) is 35.7 Å². The first-order valence-electron chi connectivity index (χ1n) is 7.77. The molecule has 2 aromatic rings. The molecule has 2 aromatic carbocycles. The van der Waals surface area contributed by atoms with E-state index in [0.29, 0.717) is 13.1 Å². The van der Waals surface area contributed by atoms with E-state index in [1.54, 1.807) is 12.1 Å². The fraction of sp³-hybridized carbons (Fsp3) is 0.263. The zero-order chi connectivity index (χ0) is 17.5. The van der Waals surface area contributed by atoms with E-state index in [1.165, 1.54) is 24.0 Å². The zero-order valence-corrected chi connectivity index (χ0v) is 13.9. The summed E-state index contributed by atoms with van der Waals surface area (Å²) in [4.78, 5) is 25.4. The van der Waals surface area contributed by atoms with Crippen LogP contribution in [0.4, 0.5) is 4.39 Å². The van der Waals surface area contributed by atoms with Crippen molar-refractivity contribution in [3.05, 3.63) is 71.0 Å². The molecule has 2 rings (SSSR count). The van der Waals surface area contributed by atoms with Gasteiger partial charge < -0.3 is 10.2 Å². The minimum absolute atomic E-state index is 0.00907. The molecule has 0 aromatic heterocycles. The van der Waals surface area contributed by atoms with Gasteiger partial charge in [0.1, 0.15) is 5.82 Å². The van der Waals surface area contributed by atoms with E-state index in [9.17, 15) is 14.0 Å². The molecule has 24 heavy (non-hydrogen) atoms. The highest BCUT2D eigenvalue weighted by Crippen LogP contribution is 2.10. The van der Waals surface area contributed by atoms with Gasteiger partial charge in [0.2, 0.25) is 11.8 Å². The van der Waals surface area contributed by atoms with E-state index >= 15 is 0 Å². The molecule has 0 aliphatic rings. The second-order valence-corrected chi connectivity index (χ2v) is 5.70. The first kappa shape index (κ1) is 17.7. The molecule has 4 nitrogen and oxygen atoms in total. The maximum Gasteiger partial charge on any atom is 0.239 e. The van der Waals surface area contributed by atoms with E-state index in [1.807, 2.05) is 31.2 Å². The first-order chi connectivity index (χ1) is 11.5. The number of carbonyl (C=O) groups excluding carboxylic acids is 2. The van der Waals surface area contributed by atoms with Crippen molar-refractivity contribution in [3.63, 3.8) is 0 Å². The molecule has 0 heterocycles. The van der Waals surface area contributed by atoms with Gasteiger partial charge in [0.05, 0.1) is 6.54 Å². The molecule has 0 radical (unpaired) electrons. The highest BCUT2D eigenvalue weighted by molar-refractivity contribution is 5.83. The van der Waals surface area contributed by atoms with Crippen LogP contribution in [-0.2, 0) is 22.7 Å². The SMILES string of the molecule is CC(=O)N(CC(=O)NCc1ccc(F)cc1)Cc1ccccc1C. The largest absolute Gasteiger partial charge is 0.350 e. The summed E-state index contributed by atoms with van der Waals surface area (Å²) >= 11 is 0. The molecule has 0 saturated carbocycles. The fourth-order valence-electron chi connectivity index (χ4n) is 2.30. The van der Waals surface area contributed by atoms with Gasteiger partial charge >= 0.3 is 0 Å². The Kier molecular flexibility index (Phi) is 6.07. The Morgan fingerprint density at radius 3 is 2.38 bits per heavy atom. The number of amides is 2. The molecule has 126 valence electrons. The molecule has 0 unspecified atom stereocenters. The molecular weight excluding hydrogens is 307 g/mol. The normalized spacial score (nSPS) is 10.3. The Bertz CT molecular complexity index is 714. The number of benzene rings is 2. The molecule has 0 saturated heterocycles. The van der Waals surface area contributed by atoms with Crippen molar-refractivity contribution in [2.75, 3.05) is 6.54 Å². The lowest BCUT2D eigenvalue weighted by molar-refractivity contribution is -0.135. The highest BCUT2D eigenvalue weighted by Gasteiger charge is 2.14. The molecule has 5 heteroatoms. The van der Waals surface area contributed by atoms with Crippen molar-refractivity contribution in [1.82, 2.24) is 10.2 Å². The van der Waals surface area contributed by atoms with E-state index in [0.717, 1.165) is 16.7 Å². The average molecular weight is 328 g/mol. The minimum Gasteiger partial charge on any atom is -0.350 e. The molecule has 0 atom stereocenters. The predicted molar refractivity (Wildman–Crippen MR) is 90.5 cm³/mol. The van der Waals surface area contributed by atoms with Crippen molar-refractivity contribution in [2.24, 2.45) is 0 Å². The first-order valence-corrected chi connectivity index (χ1v) is 7.77. The summed E-state index contributed by atoms with van der Waals surface area (Å²) in [5, 5.41) is 2.75. The zero-order valence-electron chi connectivity index (χ0n) is 13.9. The molecule has 0 fully saturated rings. The monoisotopic (exact) mass is 328 g/mol. The van der Waals surface area contributed by atoms with Crippen molar-refractivity contribution in [1.29, 1.82) is 0 Å². The number of nitrogens with one attached hydrogen (secondary N) is 1. The van der Waals surface area contributed by atoms with Gasteiger partial charge in [-0.2, -0.15) is 0 Å². The van der Waals surface area contributed by atoms with E-state index in [4.69, 9.17) is 0 Å². The summed E-state index contributed by atoms with van der Waals surface area (Å²) in [6.45, 7) is 4.11. The number of rotatable bonds is 6. The number of nitrogens with zero attached hydrogens (tertiary/aromatic N) is 1. The number of carbonyl (C=O) groups is 2. The average Bonchev–Trinajstić information content (AvgIpc) is 2.55. The summed E-state index contributed by atoms with van der Waals surface area (Å²) in [6, 6.07) is 13.7. The Hall–Kier alpha value is -2.69. The van der Waals surface area contributed by atoms with E-state index in [2.05, 4.69) is 5.32 Å². The third kappa shape index (κ3) is 5.19. The topological polar surface area (TPSA) is 49.4 Å². The van der Waals surface area contributed by atoms with Gasteiger partial charge in [0.25, 0.3) is 0 Å². The van der Waals surface area contributed by atoms with Crippen LogP contribution in [0, 0.1) is 12.7 Å². The van der Waals surface area contributed by atoms with Crippen LogP contribution >= 0.6 is 0 Å². The summed E-state index contributed by atoms with van der Waals surface area (Å²) in [6.07, 6.45) is 0. The number of hydrogen-bond acceptors (Lipinski definition) is 2. The summed E-state index contributed by atoms with van der Waals surface area (Å²) in [7, 11) is 0. The minimum atomic E-state index is -0.314. The van der Waals surface area contributed by atoms with Crippen molar-refractivity contribution in [2.45, 2.75) is 26.9 Å². The number of aryl methyl sites for hydroxylation is 1. The Morgan fingerprint density at radius 1 is 1.08 bits per heavy atom. The molecular formula is C19H21FN2O2. The predicted octanol–water partition coefficient (Wildman–Crippen LogP) is 2.80. The fourth-order valence-corrected chi connectivity index (χ4v) is 2.30. The van der Waals surface area contributed by atoms with Crippen LogP contribution < -0.4 is 5.32 Å². The number of halogens is 1. The van der Waals surface area contributed by atoms with Gasteiger partial charge in [-0.25, -0.2) is 4.39 Å². The van der Waals surface area contributed by atoms with Crippen molar-refractivity contribution >= 4 is 11.8 Å². The van der Waals surface area contributed by atoms with Gasteiger partial charge in [-0.1, -0.05) is 36.4 Å². The molecule has 0 aliphatic heterocycles. The lowest BCUT2D eigenvalue weighted by atomic mass is 10.1. The third-order valence-electron chi connectivity index (χ3n) is 3.81. The standard InChI is InChI=1S/C19H21FN2O2/c1-14-5-3-4-6-17(14)12-22(15(2)23)13-19(24)21-11-16-7-9-18(20)10-8-16/h3-10H,11-13H2,1-2H3,(H,21,24). The highest BCUT2D eigenvalue weighted by atomic mass is 19.1. The van der Waals surface area contributed by atoms with Crippen LogP contribution in [-0.4, -0.2) is 23.3 Å². The van der Waals surface area contributed by atoms with Gasteiger partial charge in [-0.15, -0.1) is 0 Å². The van der Waals surface area contributed by atoms with E-state index in [-0.39, 0.29) is 24.2 Å². The van der Waals surface area contributed by atoms with Crippen molar-refractivity contribution < 1.29 is 14.0 Å². The maximum absolute atomic E-state index is 12.9. The van der Waals surface area contributed by atoms with Crippen LogP contribution in [0.3, 0.4) is 0 Å². The maximum atomic E-state index is 12.9. The van der Waals surface area contributed by atoms with Gasteiger partial charge in [0.15, 0.2) is 0 Å². The lowest BCUT2D eigenvalue weighted by Crippen LogP contribution is -2.39. The molecule has 1 N–H and O–H groups in total. The summed E-state index contributed by atoms with van der Waals surface area (Å²) in [5.74, 6) is -0.718. The lowest BCUT2D eigenvalue weighted by Gasteiger charge is -2.21. The van der Waals surface area contributed by atoms with Crippen LogP contribution in [0.1, 0.15) is 23.6 Å². The van der Waals surface area contributed by atoms with Crippen molar-refractivity contribution in [3.8, 4) is 0 Å². The Labute approximate surface area is 141 Å². The summed E-state index contributed by atoms with van der Waals surface area (Å²) in [5.41, 5.74) is 2.90. The second kappa shape index (κ2) is 8.24. The smallest absolute Gasteiger partial charge is 0.239 e. The molecule has 0 spiro atoms. The van der Waals surface area contributed by atoms with E-state index < -0.39 is 0 Å². The molecule has 0 aliphatic carbocycles. The van der Waals surface area contributed by atoms with Gasteiger partial charge in [-0.3, -0.25) is 9.59 Å². The van der Waals surface area contributed by atoms with Crippen LogP contribution in [0.5, 0.6) is 0 Å². The van der Waals surface area contributed by atoms with Crippen LogP contribution in [0.15, 0.2) is 48.5 Å². The summed E-state index contributed by atoms with van der Waals surface area (Å²) < 4.78 is 12.9. The Morgan fingerprint density at radius 2 is 1.75 bits per heavy atom. The van der Waals surface area contributed by atoms with Crippen LogP contribution in [0.25, 0.3) is 0 Å². The number of hydrogen-bond donors (Lipinski definition) is 1. The van der Waals surface area contributed by atoms with Gasteiger partial charge in [0, 0.05) is 20.0 Å². The molecule has 2 amide bonds.